The van der Waals surface area contributed by atoms with Crippen LogP contribution in [0.3, 0.4) is 0 Å². The van der Waals surface area contributed by atoms with E-state index in [9.17, 15) is 9.59 Å². The van der Waals surface area contributed by atoms with Gasteiger partial charge in [-0.25, -0.2) is 0 Å². The number of carbonyl (C=O) groups excluding carboxylic acids is 2. The maximum absolute atomic E-state index is 12.6. The third kappa shape index (κ3) is 5.85. The minimum atomic E-state index is -0.0103. The predicted octanol–water partition coefficient (Wildman–Crippen LogP) is 2.84. The van der Waals surface area contributed by atoms with Gasteiger partial charge in [-0.3, -0.25) is 9.59 Å². The average Bonchev–Trinajstić information content (AvgIpc) is 2.79. The van der Waals surface area contributed by atoms with E-state index in [4.69, 9.17) is 4.74 Å². The molecule has 25 heavy (non-hydrogen) atoms. The number of hydrogen-bond acceptors (Lipinski definition) is 3. The molecule has 2 rings (SSSR count). The smallest absolute Gasteiger partial charge is 0.248 e. The molecule has 1 fully saturated rings. The molecule has 0 unspecified atom stereocenters. The molecule has 1 aromatic carbocycles. The van der Waals surface area contributed by atoms with Crippen LogP contribution >= 0.6 is 0 Å². The van der Waals surface area contributed by atoms with Crippen LogP contribution in [0.4, 0.5) is 0 Å². The molecule has 5 nitrogen and oxygen atoms in total. The molecule has 1 aromatic rings. The van der Waals surface area contributed by atoms with Gasteiger partial charge in [0.15, 0.2) is 0 Å². The second-order valence-corrected chi connectivity index (χ2v) is 6.57. The first-order valence-corrected chi connectivity index (χ1v) is 9.34. The maximum atomic E-state index is 12.6. The van der Waals surface area contributed by atoms with Crippen LogP contribution in [0.25, 0.3) is 0 Å². The molecule has 0 bridgehead atoms. The van der Waals surface area contributed by atoms with Crippen molar-refractivity contribution in [2.75, 3.05) is 26.3 Å². The van der Waals surface area contributed by atoms with E-state index >= 15 is 0 Å². The lowest BCUT2D eigenvalue weighted by atomic mass is 10.1. The Kier molecular flexibility index (Phi) is 7.92. The summed E-state index contributed by atoms with van der Waals surface area (Å²) in [4.78, 5) is 28.8. The van der Waals surface area contributed by atoms with Crippen molar-refractivity contribution in [2.45, 2.75) is 52.1 Å². The minimum absolute atomic E-state index is 0.0103. The number of nitrogens with zero attached hydrogens (tertiary/aromatic N) is 2. The van der Waals surface area contributed by atoms with Crippen LogP contribution in [0.2, 0.25) is 0 Å². The summed E-state index contributed by atoms with van der Waals surface area (Å²) in [6.07, 6.45) is 3.23. The lowest BCUT2D eigenvalue weighted by Crippen LogP contribution is -2.44. The van der Waals surface area contributed by atoms with E-state index < -0.39 is 0 Å². The molecule has 2 amide bonds. The molecule has 0 radical (unpaired) electrons. The van der Waals surface area contributed by atoms with E-state index in [1.54, 1.807) is 4.90 Å². The molecule has 138 valence electrons. The van der Waals surface area contributed by atoms with Gasteiger partial charge in [-0.1, -0.05) is 50.6 Å². The molecule has 5 heteroatoms. The number of carbonyl (C=O) groups is 2. The van der Waals surface area contributed by atoms with Crippen LogP contribution in [0, 0.1) is 0 Å². The first-order valence-electron chi connectivity index (χ1n) is 9.34. The van der Waals surface area contributed by atoms with E-state index in [1.807, 2.05) is 35.2 Å². The highest BCUT2D eigenvalue weighted by Crippen LogP contribution is 2.18. The summed E-state index contributed by atoms with van der Waals surface area (Å²) in [6, 6.07) is 10.1. The normalized spacial score (nSPS) is 18.3. The van der Waals surface area contributed by atoms with Crippen LogP contribution in [-0.4, -0.2) is 54.0 Å². The fourth-order valence-electron chi connectivity index (χ4n) is 3.09. The van der Waals surface area contributed by atoms with Gasteiger partial charge < -0.3 is 14.5 Å². The summed E-state index contributed by atoms with van der Waals surface area (Å²) in [5.41, 5.74) is 1.12. The zero-order valence-electron chi connectivity index (χ0n) is 15.4. The van der Waals surface area contributed by atoms with Gasteiger partial charge >= 0.3 is 0 Å². The van der Waals surface area contributed by atoms with Crippen LogP contribution in [0.5, 0.6) is 0 Å². The fourth-order valence-corrected chi connectivity index (χ4v) is 3.09. The second-order valence-electron chi connectivity index (χ2n) is 6.57. The van der Waals surface area contributed by atoms with Crippen molar-refractivity contribution in [3.63, 3.8) is 0 Å². The van der Waals surface area contributed by atoms with Crippen LogP contribution in [0.1, 0.15) is 45.1 Å². The first-order chi connectivity index (χ1) is 12.2. The number of hydrogen-bond donors (Lipinski definition) is 0. The monoisotopic (exact) mass is 346 g/mol. The highest BCUT2D eigenvalue weighted by atomic mass is 16.5. The molecular formula is C20H30N2O3. The van der Waals surface area contributed by atoms with E-state index in [0.29, 0.717) is 32.7 Å². The summed E-state index contributed by atoms with van der Waals surface area (Å²) in [6.45, 7) is 6.57. The Bertz CT molecular complexity index is 547. The number of amides is 2. The zero-order chi connectivity index (χ0) is 18.1. The van der Waals surface area contributed by atoms with Gasteiger partial charge in [0.2, 0.25) is 11.8 Å². The maximum Gasteiger partial charge on any atom is 0.248 e. The molecule has 1 aliphatic rings. The van der Waals surface area contributed by atoms with Gasteiger partial charge in [-0.2, -0.15) is 0 Å². The molecule has 0 saturated carbocycles. The molecule has 1 saturated heterocycles. The first kappa shape index (κ1) is 19.4. The van der Waals surface area contributed by atoms with Crippen molar-refractivity contribution in [3.05, 3.63) is 35.9 Å². The van der Waals surface area contributed by atoms with Crippen molar-refractivity contribution in [3.8, 4) is 0 Å². The highest BCUT2D eigenvalue weighted by Gasteiger charge is 2.30. The lowest BCUT2D eigenvalue weighted by Gasteiger charge is -2.31. The number of unbranched alkanes of at least 4 members (excludes halogenated alkanes) is 1. The van der Waals surface area contributed by atoms with Crippen molar-refractivity contribution in [2.24, 2.45) is 0 Å². The van der Waals surface area contributed by atoms with Gasteiger partial charge in [0.1, 0.15) is 6.61 Å². The van der Waals surface area contributed by atoms with Crippen LogP contribution in [-0.2, 0) is 20.9 Å². The Labute approximate surface area is 150 Å². The average molecular weight is 346 g/mol. The van der Waals surface area contributed by atoms with E-state index in [-0.39, 0.29) is 24.5 Å². The summed E-state index contributed by atoms with van der Waals surface area (Å²) in [7, 11) is 0. The third-order valence-electron chi connectivity index (χ3n) is 4.68. The van der Waals surface area contributed by atoms with Gasteiger partial charge in [0.05, 0.1) is 0 Å². The molecule has 1 heterocycles. The van der Waals surface area contributed by atoms with Gasteiger partial charge in [0.25, 0.3) is 0 Å². The summed E-state index contributed by atoms with van der Waals surface area (Å²) in [5.74, 6) is 0.113. The summed E-state index contributed by atoms with van der Waals surface area (Å²) in [5, 5.41) is 0. The Hall–Kier alpha value is -1.88. The second kappa shape index (κ2) is 10.2. The standard InChI is InChI=1S/C20H30N2O3/c1-3-5-13-25-16-20(24)21-12-11-19(23)22(18(4-2)15-21)14-17-9-7-6-8-10-17/h6-10,18H,3-5,11-16H2,1-2H3/t18-/m1/s1. The van der Waals surface area contributed by atoms with Crippen molar-refractivity contribution in [1.29, 1.82) is 0 Å². The lowest BCUT2D eigenvalue weighted by molar-refractivity contribution is -0.136. The van der Waals surface area contributed by atoms with E-state index in [2.05, 4.69) is 13.8 Å². The largest absolute Gasteiger partial charge is 0.372 e. The van der Waals surface area contributed by atoms with Gasteiger partial charge in [-0.05, 0) is 18.4 Å². The SMILES string of the molecule is CCCCOCC(=O)N1CCC(=O)N(Cc2ccccc2)[C@H](CC)C1. The minimum Gasteiger partial charge on any atom is -0.372 e. The topological polar surface area (TPSA) is 49.9 Å². The Morgan fingerprint density at radius 1 is 1.24 bits per heavy atom. The van der Waals surface area contributed by atoms with Crippen molar-refractivity contribution >= 4 is 11.8 Å². The molecular weight excluding hydrogens is 316 g/mol. The molecule has 0 aliphatic carbocycles. The molecule has 0 aromatic heterocycles. The van der Waals surface area contributed by atoms with E-state index in [0.717, 1.165) is 24.8 Å². The van der Waals surface area contributed by atoms with Crippen molar-refractivity contribution in [1.82, 2.24) is 9.80 Å². The van der Waals surface area contributed by atoms with Gasteiger partial charge in [0, 0.05) is 38.7 Å². The Morgan fingerprint density at radius 2 is 2.00 bits per heavy atom. The van der Waals surface area contributed by atoms with Crippen molar-refractivity contribution < 1.29 is 14.3 Å². The third-order valence-corrected chi connectivity index (χ3v) is 4.68. The quantitative estimate of drug-likeness (QED) is 0.680. The number of ether oxygens (including phenoxy) is 1. The van der Waals surface area contributed by atoms with Crippen LogP contribution < -0.4 is 0 Å². The molecule has 1 atom stereocenters. The van der Waals surface area contributed by atoms with E-state index in [1.165, 1.54) is 0 Å². The molecule has 0 N–H and O–H groups in total. The highest BCUT2D eigenvalue weighted by molar-refractivity contribution is 5.81. The summed E-state index contributed by atoms with van der Waals surface area (Å²) < 4.78 is 5.46. The summed E-state index contributed by atoms with van der Waals surface area (Å²) >= 11 is 0. The number of rotatable bonds is 8. The fraction of sp³-hybridized carbons (Fsp3) is 0.600. The Morgan fingerprint density at radius 3 is 2.68 bits per heavy atom. The van der Waals surface area contributed by atoms with Crippen LogP contribution in [0.15, 0.2) is 30.3 Å². The Balaban J connectivity index is 1.98. The predicted molar refractivity (Wildman–Crippen MR) is 98.0 cm³/mol. The molecule has 1 aliphatic heterocycles. The van der Waals surface area contributed by atoms with Gasteiger partial charge in [-0.15, -0.1) is 0 Å². The number of benzene rings is 1. The zero-order valence-corrected chi connectivity index (χ0v) is 15.4. The molecule has 0 spiro atoms.